The van der Waals surface area contributed by atoms with Crippen LogP contribution in [0.5, 0.6) is 11.5 Å². The van der Waals surface area contributed by atoms with E-state index < -0.39 is 5.97 Å². The molecule has 1 aromatic carbocycles. The number of esters is 1. The molecule has 0 bridgehead atoms. The van der Waals surface area contributed by atoms with Gasteiger partial charge in [0.05, 0.1) is 26.5 Å². The minimum Gasteiger partial charge on any atom is -0.493 e. The summed E-state index contributed by atoms with van der Waals surface area (Å²) in [4.78, 5) is 16.0. The van der Waals surface area contributed by atoms with Gasteiger partial charge in [-0.05, 0) is 25.1 Å². The second-order valence-electron chi connectivity index (χ2n) is 4.64. The van der Waals surface area contributed by atoms with Crippen molar-refractivity contribution in [3.8, 4) is 28.8 Å². The zero-order chi connectivity index (χ0) is 18.2. The second kappa shape index (κ2) is 8.70. The quantitative estimate of drug-likeness (QED) is 0.461. The van der Waals surface area contributed by atoms with Gasteiger partial charge in [0.25, 0.3) is 0 Å². The summed E-state index contributed by atoms with van der Waals surface area (Å²) in [5.74, 6) is 0.571. The number of anilines is 1. The Labute approximate surface area is 149 Å². The van der Waals surface area contributed by atoms with E-state index in [0.717, 1.165) is 11.3 Å². The first kappa shape index (κ1) is 18.3. The van der Waals surface area contributed by atoms with Crippen LogP contribution in [0.25, 0.3) is 11.3 Å². The van der Waals surface area contributed by atoms with E-state index in [1.165, 1.54) is 17.5 Å². The molecule has 1 heterocycles. The van der Waals surface area contributed by atoms with Crippen molar-refractivity contribution < 1.29 is 19.0 Å². The molecule has 0 aliphatic heterocycles. The number of thiazole rings is 1. The summed E-state index contributed by atoms with van der Waals surface area (Å²) in [6, 6.07) is 7.29. The molecule has 0 radical (unpaired) electrons. The minimum atomic E-state index is -0.672. The Kier molecular flexibility index (Phi) is 6.37. The number of nitriles is 1. The van der Waals surface area contributed by atoms with Crippen LogP contribution in [-0.4, -0.2) is 31.8 Å². The Bertz CT molecular complexity index is 824. The number of benzene rings is 1. The van der Waals surface area contributed by atoms with Crippen molar-refractivity contribution in [3.63, 3.8) is 0 Å². The van der Waals surface area contributed by atoms with E-state index in [1.807, 2.05) is 17.5 Å². The lowest BCUT2D eigenvalue weighted by Crippen LogP contribution is -2.07. The van der Waals surface area contributed by atoms with E-state index in [1.54, 1.807) is 33.3 Å². The maximum absolute atomic E-state index is 11.6. The second-order valence-corrected chi connectivity index (χ2v) is 5.50. The molecule has 2 aromatic rings. The Hall–Kier alpha value is -3.05. The average molecular weight is 359 g/mol. The molecule has 0 saturated heterocycles. The predicted octanol–water partition coefficient (Wildman–Crippen LogP) is 3.21. The van der Waals surface area contributed by atoms with Gasteiger partial charge in [-0.25, -0.2) is 9.78 Å². The minimum absolute atomic E-state index is 0.121. The highest BCUT2D eigenvalue weighted by atomic mass is 32.1. The monoisotopic (exact) mass is 359 g/mol. The molecule has 0 saturated carbocycles. The van der Waals surface area contributed by atoms with E-state index in [-0.39, 0.29) is 12.2 Å². The van der Waals surface area contributed by atoms with Gasteiger partial charge in [-0.1, -0.05) is 0 Å². The molecule has 0 unspecified atom stereocenters. The first-order chi connectivity index (χ1) is 12.1. The van der Waals surface area contributed by atoms with Gasteiger partial charge in [0.15, 0.2) is 22.2 Å². The van der Waals surface area contributed by atoms with Gasteiger partial charge in [-0.2, -0.15) is 5.26 Å². The maximum Gasteiger partial charge on any atom is 0.350 e. The highest BCUT2D eigenvalue weighted by Gasteiger charge is 2.11. The molecule has 8 heteroatoms. The summed E-state index contributed by atoms with van der Waals surface area (Å²) >= 11 is 1.34. The SMILES string of the molecule is CCOC(=O)C(C#N)=CNc1nc(-c2ccc(OC)c(OC)c2)cs1. The summed E-state index contributed by atoms with van der Waals surface area (Å²) in [6.07, 6.45) is 1.29. The molecular weight excluding hydrogens is 342 g/mol. The highest BCUT2D eigenvalue weighted by Crippen LogP contribution is 2.33. The molecule has 0 spiro atoms. The number of hydrogen-bond acceptors (Lipinski definition) is 8. The fourth-order valence-electron chi connectivity index (χ4n) is 1.95. The first-order valence-corrected chi connectivity index (χ1v) is 8.22. The van der Waals surface area contributed by atoms with Crippen LogP contribution in [0.2, 0.25) is 0 Å². The van der Waals surface area contributed by atoms with Crippen molar-refractivity contribution in [2.24, 2.45) is 0 Å². The number of nitrogens with one attached hydrogen (secondary N) is 1. The van der Waals surface area contributed by atoms with Crippen molar-refractivity contribution >= 4 is 22.4 Å². The van der Waals surface area contributed by atoms with Crippen molar-refractivity contribution in [1.82, 2.24) is 4.98 Å². The van der Waals surface area contributed by atoms with E-state index in [4.69, 9.17) is 19.5 Å². The molecule has 2 rings (SSSR count). The maximum atomic E-state index is 11.6. The fourth-order valence-corrected chi connectivity index (χ4v) is 2.64. The molecule has 0 aliphatic rings. The first-order valence-electron chi connectivity index (χ1n) is 7.34. The molecule has 1 aromatic heterocycles. The number of rotatable bonds is 7. The number of nitrogens with zero attached hydrogens (tertiary/aromatic N) is 2. The Balaban J connectivity index is 2.17. The Morgan fingerprint density at radius 2 is 2.12 bits per heavy atom. The van der Waals surface area contributed by atoms with Gasteiger partial charge >= 0.3 is 5.97 Å². The van der Waals surface area contributed by atoms with Crippen molar-refractivity contribution in [3.05, 3.63) is 35.4 Å². The molecule has 1 N–H and O–H groups in total. The van der Waals surface area contributed by atoms with Gasteiger partial charge in [0.1, 0.15) is 6.07 Å². The summed E-state index contributed by atoms with van der Waals surface area (Å²) in [5.41, 5.74) is 1.47. The van der Waals surface area contributed by atoms with Gasteiger partial charge < -0.3 is 19.5 Å². The largest absolute Gasteiger partial charge is 0.493 e. The number of methoxy groups -OCH3 is 2. The highest BCUT2D eigenvalue weighted by molar-refractivity contribution is 7.14. The lowest BCUT2D eigenvalue weighted by Gasteiger charge is -2.08. The summed E-state index contributed by atoms with van der Waals surface area (Å²) in [6.45, 7) is 1.88. The smallest absolute Gasteiger partial charge is 0.350 e. The molecule has 25 heavy (non-hydrogen) atoms. The Morgan fingerprint density at radius 3 is 2.76 bits per heavy atom. The van der Waals surface area contributed by atoms with Crippen molar-refractivity contribution in [1.29, 1.82) is 5.26 Å². The number of ether oxygens (including phenoxy) is 3. The lowest BCUT2D eigenvalue weighted by atomic mass is 10.1. The van der Waals surface area contributed by atoms with Crippen LogP contribution < -0.4 is 14.8 Å². The molecular formula is C17H17N3O4S. The van der Waals surface area contributed by atoms with Crippen LogP contribution >= 0.6 is 11.3 Å². The normalized spacial score (nSPS) is 10.7. The molecule has 7 nitrogen and oxygen atoms in total. The van der Waals surface area contributed by atoms with Crippen molar-refractivity contribution in [2.45, 2.75) is 6.92 Å². The Morgan fingerprint density at radius 1 is 1.36 bits per heavy atom. The lowest BCUT2D eigenvalue weighted by molar-refractivity contribution is -0.138. The molecule has 0 aliphatic carbocycles. The predicted molar refractivity (Wildman–Crippen MR) is 94.6 cm³/mol. The van der Waals surface area contributed by atoms with E-state index in [2.05, 4.69) is 10.3 Å². The van der Waals surface area contributed by atoms with E-state index >= 15 is 0 Å². The third-order valence-electron chi connectivity index (χ3n) is 3.14. The van der Waals surface area contributed by atoms with Crippen LogP contribution in [0.15, 0.2) is 35.4 Å². The van der Waals surface area contributed by atoms with Gasteiger partial charge in [-0.3, -0.25) is 0 Å². The molecule has 0 fully saturated rings. The van der Waals surface area contributed by atoms with Crippen LogP contribution in [0, 0.1) is 11.3 Å². The number of aromatic nitrogens is 1. The third kappa shape index (κ3) is 4.49. The van der Waals surface area contributed by atoms with Crippen LogP contribution in [-0.2, 0) is 9.53 Å². The number of hydrogen-bond donors (Lipinski definition) is 1. The van der Waals surface area contributed by atoms with Gasteiger partial charge in [0, 0.05) is 17.1 Å². The zero-order valence-corrected chi connectivity index (χ0v) is 14.8. The van der Waals surface area contributed by atoms with Crippen LogP contribution in [0.1, 0.15) is 6.92 Å². The number of carbonyl (C=O) groups excluding carboxylic acids is 1. The van der Waals surface area contributed by atoms with Gasteiger partial charge in [0.2, 0.25) is 0 Å². The summed E-state index contributed by atoms with van der Waals surface area (Å²) < 4.78 is 15.3. The van der Waals surface area contributed by atoms with E-state index in [9.17, 15) is 4.79 Å². The fraction of sp³-hybridized carbons (Fsp3) is 0.235. The number of carbonyl (C=O) groups is 1. The molecule has 130 valence electrons. The molecule has 0 atom stereocenters. The van der Waals surface area contributed by atoms with Gasteiger partial charge in [-0.15, -0.1) is 11.3 Å². The summed E-state index contributed by atoms with van der Waals surface area (Å²) in [7, 11) is 3.14. The molecule has 0 amide bonds. The van der Waals surface area contributed by atoms with E-state index in [0.29, 0.717) is 16.6 Å². The average Bonchev–Trinajstić information content (AvgIpc) is 3.10. The zero-order valence-electron chi connectivity index (χ0n) is 14.0. The standard InChI is InChI=1S/C17H17N3O4S/c1-4-24-16(21)12(8-18)9-19-17-20-13(10-25-17)11-5-6-14(22-2)15(7-11)23-3/h5-7,9-10H,4H2,1-3H3,(H,19,20). The van der Waals surface area contributed by atoms with Crippen LogP contribution in [0.4, 0.5) is 5.13 Å². The third-order valence-corrected chi connectivity index (χ3v) is 3.91. The van der Waals surface area contributed by atoms with Crippen molar-refractivity contribution in [2.75, 3.05) is 26.1 Å². The summed E-state index contributed by atoms with van der Waals surface area (Å²) in [5, 5.41) is 14.2. The van der Waals surface area contributed by atoms with Crippen LogP contribution in [0.3, 0.4) is 0 Å². The topological polar surface area (TPSA) is 93.5 Å².